The van der Waals surface area contributed by atoms with Crippen LogP contribution >= 0.6 is 11.6 Å². The highest BCUT2D eigenvalue weighted by Crippen LogP contribution is 2.27. The molecular weight excluding hydrogens is 314 g/mol. The Morgan fingerprint density at radius 2 is 2.05 bits per heavy atom. The van der Waals surface area contributed by atoms with Crippen molar-refractivity contribution in [3.8, 4) is 5.75 Å². The lowest BCUT2D eigenvalue weighted by atomic mass is 10.3. The molecule has 0 aliphatic heterocycles. The second-order valence-electron chi connectivity index (χ2n) is 4.70. The molecule has 0 saturated heterocycles. The molecular formula is C14H22ClNO4S. The number of sulfonamides is 1. The van der Waals surface area contributed by atoms with E-state index in [0.717, 1.165) is 0 Å². The lowest BCUT2D eigenvalue weighted by Gasteiger charge is -2.10. The van der Waals surface area contributed by atoms with Crippen LogP contribution in [0.15, 0.2) is 23.1 Å². The second kappa shape index (κ2) is 8.58. The van der Waals surface area contributed by atoms with Crippen molar-refractivity contribution < 1.29 is 17.9 Å². The van der Waals surface area contributed by atoms with E-state index >= 15 is 0 Å². The van der Waals surface area contributed by atoms with Gasteiger partial charge >= 0.3 is 0 Å². The fourth-order valence-corrected chi connectivity index (χ4v) is 3.00. The summed E-state index contributed by atoms with van der Waals surface area (Å²) in [4.78, 5) is 0.126. The molecule has 0 aliphatic rings. The first-order valence-corrected chi connectivity index (χ1v) is 8.76. The van der Waals surface area contributed by atoms with Crippen molar-refractivity contribution in [2.24, 2.45) is 0 Å². The van der Waals surface area contributed by atoms with E-state index in [2.05, 4.69) is 4.72 Å². The van der Waals surface area contributed by atoms with Crippen molar-refractivity contribution in [2.45, 2.75) is 38.2 Å². The Morgan fingerprint density at radius 3 is 2.62 bits per heavy atom. The number of hydrogen-bond donors (Lipinski definition) is 1. The molecule has 0 aliphatic carbocycles. The Labute approximate surface area is 131 Å². The summed E-state index contributed by atoms with van der Waals surface area (Å²) in [6.07, 6.45) is 0.758. The highest BCUT2D eigenvalue weighted by Gasteiger charge is 2.15. The molecule has 1 aromatic carbocycles. The maximum atomic E-state index is 12.1. The Bertz CT molecular complexity index is 546. The number of ether oxygens (including phenoxy) is 2. The van der Waals surface area contributed by atoms with Crippen molar-refractivity contribution >= 4 is 21.6 Å². The quantitative estimate of drug-likeness (QED) is 0.705. The van der Waals surface area contributed by atoms with Crippen LogP contribution in [-0.2, 0) is 14.8 Å². The number of halogens is 1. The van der Waals surface area contributed by atoms with Crippen LogP contribution in [0.2, 0.25) is 5.02 Å². The summed E-state index contributed by atoms with van der Waals surface area (Å²) < 4.78 is 37.3. The molecule has 21 heavy (non-hydrogen) atoms. The first-order valence-electron chi connectivity index (χ1n) is 6.90. The minimum absolute atomic E-state index is 0.126. The molecule has 0 heterocycles. The monoisotopic (exact) mass is 335 g/mol. The lowest BCUT2D eigenvalue weighted by Crippen LogP contribution is -2.25. The highest BCUT2D eigenvalue weighted by molar-refractivity contribution is 7.89. The number of nitrogens with one attached hydrogen (secondary N) is 1. The van der Waals surface area contributed by atoms with Crippen LogP contribution in [-0.4, -0.2) is 34.3 Å². The highest BCUT2D eigenvalue weighted by atomic mass is 35.5. The van der Waals surface area contributed by atoms with Gasteiger partial charge in [0.25, 0.3) is 0 Å². The van der Waals surface area contributed by atoms with E-state index in [0.29, 0.717) is 31.9 Å². The van der Waals surface area contributed by atoms with E-state index in [1.807, 2.05) is 20.8 Å². The maximum absolute atomic E-state index is 12.1. The van der Waals surface area contributed by atoms with Gasteiger partial charge < -0.3 is 9.47 Å². The van der Waals surface area contributed by atoms with Gasteiger partial charge in [0.05, 0.1) is 22.6 Å². The van der Waals surface area contributed by atoms with Gasteiger partial charge in [-0.1, -0.05) is 11.6 Å². The van der Waals surface area contributed by atoms with Crippen LogP contribution in [0, 0.1) is 0 Å². The average Bonchev–Trinajstić information content (AvgIpc) is 2.40. The van der Waals surface area contributed by atoms with Crippen LogP contribution in [0.1, 0.15) is 27.2 Å². The van der Waals surface area contributed by atoms with E-state index in [1.54, 1.807) is 6.07 Å². The Morgan fingerprint density at radius 1 is 1.33 bits per heavy atom. The predicted molar refractivity (Wildman–Crippen MR) is 83.5 cm³/mol. The third-order valence-electron chi connectivity index (χ3n) is 2.58. The van der Waals surface area contributed by atoms with Crippen molar-refractivity contribution in [3.05, 3.63) is 23.2 Å². The van der Waals surface area contributed by atoms with Crippen molar-refractivity contribution in [2.75, 3.05) is 19.8 Å². The standard InChI is InChI=1S/C14H22ClNO4S/c1-4-19-14-7-6-12(10-13(14)15)21(17,18)16-8-5-9-20-11(2)3/h6-7,10-11,16H,4-5,8-9H2,1-3H3. The minimum atomic E-state index is -3.56. The first kappa shape index (κ1) is 18.2. The number of benzene rings is 1. The van der Waals surface area contributed by atoms with Gasteiger partial charge in [-0.2, -0.15) is 0 Å². The summed E-state index contributed by atoms with van der Waals surface area (Å²) >= 11 is 6.00. The van der Waals surface area contributed by atoms with Crippen LogP contribution in [0.3, 0.4) is 0 Å². The topological polar surface area (TPSA) is 64.6 Å². The second-order valence-corrected chi connectivity index (χ2v) is 6.87. The third-order valence-corrected chi connectivity index (χ3v) is 4.33. The molecule has 5 nitrogen and oxygen atoms in total. The van der Waals surface area contributed by atoms with Gasteiger partial charge in [-0.15, -0.1) is 0 Å². The normalized spacial score (nSPS) is 11.9. The molecule has 0 saturated carbocycles. The van der Waals surface area contributed by atoms with Crippen LogP contribution < -0.4 is 9.46 Å². The minimum Gasteiger partial charge on any atom is -0.492 e. The number of rotatable bonds is 9. The van der Waals surface area contributed by atoms with Crippen molar-refractivity contribution in [3.63, 3.8) is 0 Å². The van der Waals surface area contributed by atoms with Crippen LogP contribution in [0.4, 0.5) is 0 Å². The molecule has 0 aromatic heterocycles. The van der Waals surface area contributed by atoms with Crippen molar-refractivity contribution in [1.82, 2.24) is 4.72 Å². The van der Waals surface area contributed by atoms with Gasteiger partial charge in [-0.3, -0.25) is 0 Å². The van der Waals surface area contributed by atoms with Crippen LogP contribution in [0.5, 0.6) is 5.75 Å². The van der Waals surface area contributed by atoms with E-state index in [9.17, 15) is 8.42 Å². The molecule has 0 amide bonds. The zero-order valence-corrected chi connectivity index (χ0v) is 14.1. The SMILES string of the molecule is CCOc1ccc(S(=O)(=O)NCCCOC(C)C)cc1Cl. The Kier molecular flexibility index (Phi) is 7.45. The molecule has 0 radical (unpaired) electrons. The molecule has 120 valence electrons. The summed E-state index contributed by atoms with van der Waals surface area (Å²) in [7, 11) is -3.56. The van der Waals surface area contributed by atoms with Gasteiger partial charge in [0.1, 0.15) is 5.75 Å². The smallest absolute Gasteiger partial charge is 0.240 e. The van der Waals surface area contributed by atoms with Crippen LogP contribution in [0.25, 0.3) is 0 Å². The van der Waals surface area contributed by atoms with Gasteiger partial charge in [-0.25, -0.2) is 13.1 Å². The fourth-order valence-electron chi connectivity index (χ4n) is 1.60. The molecule has 0 fully saturated rings. The fraction of sp³-hybridized carbons (Fsp3) is 0.571. The molecule has 0 bridgehead atoms. The summed E-state index contributed by atoms with van der Waals surface area (Å²) in [5.41, 5.74) is 0. The first-order chi connectivity index (χ1) is 9.86. The summed E-state index contributed by atoms with van der Waals surface area (Å²) in [6.45, 7) is 7.02. The van der Waals surface area contributed by atoms with Gasteiger partial charge in [0.2, 0.25) is 10.0 Å². The number of hydrogen-bond acceptors (Lipinski definition) is 4. The maximum Gasteiger partial charge on any atom is 0.240 e. The average molecular weight is 336 g/mol. The summed E-state index contributed by atoms with van der Waals surface area (Å²) in [5.74, 6) is 0.475. The Balaban J connectivity index is 2.60. The Hall–Kier alpha value is -0.820. The summed E-state index contributed by atoms with van der Waals surface area (Å²) in [6, 6.07) is 4.42. The largest absolute Gasteiger partial charge is 0.492 e. The van der Waals surface area contributed by atoms with E-state index in [-0.39, 0.29) is 16.0 Å². The molecule has 1 aromatic rings. The van der Waals surface area contributed by atoms with Gasteiger partial charge in [0, 0.05) is 13.2 Å². The van der Waals surface area contributed by atoms with E-state index in [4.69, 9.17) is 21.1 Å². The van der Waals surface area contributed by atoms with Crippen molar-refractivity contribution in [1.29, 1.82) is 0 Å². The zero-order chi connectivity index (χ0) is 15.9. The molecule has 0 spiro atoms. The molecule has 0 unspecified atom stereocenters. The lowest BCUT2D eigenvalue weighted by molar-refractivity contribution is 0.0778. The molecule has 7 heteroatoms. The van der Waals surface area contributed by atoms with E-state index in [1.165, 1.54) is 12.1 Å². The molecule has 1 rings (SSSR count). The summed E-state index contributed by atoms with van der Waals surface area (Å²) in [5, 5.41) is 0.280. The molecule has 0 atom stereocenters. The van der Waals surface area contributed by atoms with Gasteiger partial charge in [-0.05, 0) is 45.4 Å². The van der Waals surface area contributed by atoms with Gasteiger partial charge in [0.15, 0.2) is 0 Å². The van der Waals surface area contributed by atoms with E-state index < -0.39 is 10.0 Å². The zero-order valence-electron chi connectivity index (χ0n) is 12.6. The molecule has 1 N–H and O–H groups in total. The predicted octanol–water partition coefficient (Wildman–Crippen LogP) is 2.83. The third kappa shape index (κ3) is 6.22.